The van der Waals surface area contributed by atoms with Gasteiger partial charge in [-0.15, -0.1) is 0 Å². The molecular formula is C24H21Cl2N3O3. The van der Waals surface area contributed by atoms with E-state index in [4.69, 9.17) is 27.9 Å². The Balaban J connectivity index is 1.64. The summed E-state index contributed by atoms with van der Waals surface area (Å²) in [6.45, 7) is 0. The van der Waals surface area contributed by atoms with Crippen LogP contribution in [0.5, 0.6) is 5.88 Å². The first-order valence-corrected chi connectivity index (χ1v) is 10.7. The number of rotatable bonds is 7. The van der Waals surface area contributed by atoms with Crippen molar-refractivity contribution in [2.45, 2.75) is 18.6 Å². The summed E-state index contributed by atoms with van der Waals surface area (Å²) in [7, 11) is 1.50. The van der Waals surface area contributed by atoms with Gasteiger partial charge in [0.15, 0.2) is 0 Å². The van der Waals surface area contributed by atoms with Gasteiger partial charge in [-0.05, 0) is 53.9 Å². The molecule has 0 bridgehead atoms. The number of aromatic nitrogens is 2. The highest BCUT2D eigenvalue weighted by molar-refractivity contribution is 6.31. The summed E-state index contributed by atoms with van der Waals surface area (Å²) in [5.41, 5.74) is 2.54. The van der Waals surface area contributed by atoms with Crippen LogP contribution in [0.25, 0.3) is 10.9 Å². The van der Waals surface area contributed by atoms with E-state index in [1.54, 1.807) is 42.6 Å². The molecule has 0 aliphatic rings. The standard InChI is InChI=1S/C24H21Cl2N3O3/c1-32-22-13-15(8-9-27-22)23(30)20(11-14-4-2-3-5-18(14)26)29-24(31)21-12-16-10-17(25)6-7-19(16)28-21/h2-10,12-13,20,23,28,30H,11H2,1H3,(H,29,31). The van der Waals surface area contributed by atoms with Gasteiger partial charge in [0.05, 0.1) is 19.3 Å². The van der Waals surface area contributed by atoms with Gasteiger partial charge in [-0.2, -0.15) is 0 Å². The van der Waals surface area contributed by atoms with E-state index in [1.807, 2.05) is 24.3 Å². The fourth-order valence-electron chi connectivity index (χ4n) is 3.57. The lowest BCUT2D eigenvalue weighted by molar-refractivity contribution is 0.0828. The number of pyridine rings is 1. The number of halogens is 2. The van der Waals surface area contributed by atoms with Crippen LogP contribution in [0.3, 0.4) is 0 Å². The summed E-state index contributed by atoms with van der Waals surface area (Å²) in [4.78, 5) is 20.3. The second kappa shape index (κ2) is 9.61. The molecule has 6 nitrogen and oxygen atoms in total. The monoisotopic (exact) mass is 469 g/mol. The zero-order valence-electron chi connectivity index (χ0n) is 17.2. The SMILES string of the molecule is COc1cc(C(O)C(Cc2ccccc2Cl)NC(=O)c2cc3cc(Cl)ccc3[nH]2)ccn1. The van der Waals surface area contributed by atoms with E-state index in [0.717, 1.165) is 16.5 Å². The van der Waals surface area contributed by atoms with Crippen molar-refractivity contribution in [3.63, 3.8) is 0 Å². The number of aliphatic hydroxyl groups is 1. The third kappa shape index (κ3) is 4.88. The Hall–Kier alpha value is -3.06. The van der Waals surface area contributed by atoms with Gasteiger partial charge < -0.3 is 20.1 Å². The van der Waals surface area contributed by atoms with Crippen LogP contribution >= 0.6 is 23.2 Å². The van der Waals surface area contributed by atoms with Gasteiger partial charge in [0.2, 0.25) is 5.88 Å². The van der Waals surface area contributed by atoms with Crippen molar-refractivity contribution in [3.8, 4) is 5.88 Å². The summed E-state index contributed by atoms with van der Waals surface area (Å²) in [6.07, 6.45) is 0.849. The lowest BCUT2D eigenvalue weighted by atomic mass is 9.96. The molecule has 0 saturated carbocycles. The summed E-state index contributed by atoms with van der Waals surface area (Å²) in [6, 6.07) is 17.1. The van der Waals surface area contributed by atoms with Crippen LogP contribution in [-0.4, -0.2) is 34.1 Å². The molecule has 2 aromatic heterocycles. The summed E-state index contributed by atoms with van der Waals surface area (Å²) < 4.78 is 5.17. The molecule has 32 heavy (non-hydrogen) atoms. The van der Waals surface area contributed by atoms with E-state index in [9.17, 15) is 9.90 Å². The van der Waals surface area contributed by atoms with Gasteiger partial charge in [0, 0.05) is 33.2 Å². The zero-order valence-corrected chi connectivity index (χ0v) is 18.7. The molecule has 2 atom stereocenters. The minimum atomic E-state index is -1.02. The van der Waals surface area contributed by atoms with Gasteiger partial charge in [-0.1, -0.05) is 41.4 Å². The molecule has 2 heterocycles. The maximum Gasteiger partial charge on any atom is 0.268 e. The predicted octanol–water partition coefficient (Wildman–Crippen LogP) is 4.95. The van der Waals surface area contributed by atoms with Crippen molar-refractivity contribution in [3.05, 3.63) is 93.7 Å². The minimum absolute atomic E-state index is 0.323. The largest absolute Gasteiger partial charge is 0.481 e. The van der Waals surface area contributed by atoms with Crippen LogP contribution in [0, 0.1) is 0 Å². The number of aliphatic hydroxyl groups excluding tert-OH is 1. The number of aromatic amines is 1. The van der Waals surface area contributed by atoms with Crippen molar-refractivity contribution in [2.75, 3.05) is 7.11 Å². The second-order valence-electron chi connectivity index (χ2n) is 7.37. The van der Waals surface area contributed by atoms with E-state index in [-0.39, 0.29) is 5.91 Å². The number of hydrogen-bond acceptors (Lipinski definition) is 4. The normalized spacial score (nSPS) is 13.0. The average Bonchev–Trinajstić information content (AvgIpc) is 3.23. The summed E-state index contributed by atoms with van der Waals surface area (Å²) in [5.74, 6) is 0.0197. The topological polar surface area (TPSA) is 87.2 Å². The maximum atomic E-state index is 13.1. The number of methoxy groups -OCH3 is 1. The number of amides is 1. The third-order valence-electron chi connectivity index (χ3n) is 5.23. The smallest absolute Gasteiger partial charge is 0.268 e. The predicted molar refractivity (Wildman–Crippen MR) is 125 cm³/mol. The van der Waals surface area contributed by atoms with Crippen LogP contribution < -0.4 is 10.1 Å². The van der Waals surface area contributed by atoms with Crippen molar-refractivity contribution in [1.29, 1.82) is 0 Å². The molecule has 0 aliphatic heterocycles. The van der Waals surface area contributed by atoms with E-state index < -0.39 is 12.1 Å². The van der Waals surface area contributed by atoms with Crippen LogP contribution in [0.2, 0.25) is 10.0 Å². The Morgan fingerprint density at radius 2 is 1.97 bits per heavy atom. The molecule has 0 fully saturated rings. The number of ether oxygens (including phenoxy) is 1. The average molecular weight is 470 g/mol. The number of fused-ring (bicyclic) bond motifs is 1. The number of nitrogens with zero attached hydrogens (tertiary/aromatic N) is 1. The van der Waals surface area contributed by atoms with Crippen LogP contribution in [0.4, 0.5) is 0 Å². The molecule has 164 valence electrons. The van der Waals surface area contributed by atoms with Crippen molar-refractivity contribution in [1.82, 2.24) is 15.3 Å². The number of carbonyl (C=O) groups is 1. The minimum Gasteiger partial charge on any atom is -0.481 e. The molecule has 0 saturated heterocycles. The molecule has 0 aliphatic carbocycles. The van der Waals surface area contributed by atoms with Crippen molar-refractivity contribution < 1.29 is 14.6 Å². The van der Waals surface area contributed by atoms with Crippen molar-refractivity contribution >= 4 is 40.0 Å². The van der Waals surface area contributed by atoms with Crippen molar-refractivity contribution in [2.24, 2.45) is 0 Å². The molecule has 0 spiro atoms. The van der Waals surface area contributed by atoms with Crippen LogP contribution in [0.1, 0.15) is 27.7 Å². The number of H-pyrrole nitrogens is 1. The Morgan fingerprint density at radius 1 is 1.16 bits per heavy atom. The Kier molecular flexibility index (Phi) is 6.65. The third-order valence-corrected chi connectivity index (χ3v) is 5.84. The van der Waals surface area contributed by atoms with Gasteiger partial charge in [0.25, 0.3) is 5.91 Å². The molecule has 8 heteroatoms. The fourth-order valence-corrected chi connectivity index (χ4v) is 3.96. The Morgan fingerprint density at radius 3 is 2.75 bits per heavy atom. The Bertz CT molecular complexity index is 1260. The highest BCUT2D eigenvalue weighted by atomic mass is 35.5. The molecule has 0 radical (unpaired) electrons. The first-order chi connectivity index (χ1) is 15.4. The molecule has 2 unspecified atom stereocenters. The lowest BCUT2D eigenvalue weighted by Gasteiger charge is -2.25. The highest BCUT2D eigenvalue weighted by Crippen LogP contribution is 2.26. The molecule has 4 rings (SSSR count). The highest BCUT2D eigenvalue weighted by Gasteiger charge is 2.26. The van der Waals surface area contributed by atoms with E-state index >= 15 is 0 Å². The first-order valence-electron chi connectivity index (χ1n) is 9.95. The molecule has 1 amide bonds. The van der Waals surface area contributed by atoms with E-state index in [0.29, 0.717) is 33.6 Å². The first kappa shape index (κ1) is 22.1. The molecule has 3 N–H and O–H groups in total. The van der Waals surface area contributed by atoms with E-state index in [1.165, 1.54) is 7.11 Å². The maximum absolute atomic E-state index is 13.1. The van der Waals surface area contributed by atoms with Crippen LogP contribution in [0.15, 0.2) is 66.9 Å². The fraction of sp³-hybridized carbons (Fsp3) is 0.167. The number of nitrogens with one attached hydrogen (secondary N) is 2. The lowest BCUT2D eigenvalue weighted by Crippen LogP contribution is -2.41. The Labute approximate surface area is 195 Å². The van der Waals surface area contributed by atoms with Gasteiger partial charge in [0.1, 0.15) is 5.69 Å². The zero-order chi connectivity index (χ0) is 22.7. The number of hydrogen-bond donors (Lipinski definition) is 3. The molecule has 2 aromatic carbocycles. The van der Waals surface area contributed by atoms with Gasteiger partial charge >= 0.3 is 0 Å². The van der Waals surface area contributed by atoms with E-state index in [2.05, 4.69) is 15.3 Å². The van der Waals surface area contributed by atoms with Gasteiger partial charge in [-0.3, -0.25) is 4.79 Å². The summed E-state index contributed by atoms with van der Waals surface area (Å²) in [5, 5.41) is 16.1. The quantitative estimate of drug-likeness (QED) is 0.357. The molecular weight excluding hydrogens is 449 g/mol. The molecule has 4 aromatic rings. The summed E-state index contributed by atoms with van der Waals surface area (Å²) >= 11 is 12.4. The van der Waals surface area contributed by atoms with Crippen LogP contribution in [-0.2, 0) is 6.42 Å². The second-order valence-corrected chi connectivity index (χ2v) is 8.21. The number of benzene rings is 2. The number of carbonyl (C=O) groups excluding carboxylic acids is 1. The van der Waals surface area contributed by atoms with Gasteiger partial charge in [-0.25, -0.2) is 4.98 Å².